The number of anilines is 1. The number of nitrogens with zero attached hydrogens (tertiary/aromatic N) is 2. The van der Waals surface area contributed by atoms with Crippen molar-refractivity contribution in [2.24, 2.45) is 11.3 Å². The molecule has 4 unspecified atom stereocenters. The van der Waals surface area contributed by atoms with Crippen LogP contribution in [0.2, 0.25) is 10.0 Å². The lowest BCUT2D eigenvalue weighted by molar-refractivity contribution is -0.160. The lowest BCUT2D eigenvalue weighted by Crippen LogP contribution is -2.59. The van der Waals surface area contributed by atoms with Crippen LogP contribution in [0.4, 0.5) is 10.1 Å². The van der Waals surface area contributed by atoms with Crippen molar-refractivity contribution < 1.29 is 27.5 Å². The smallest absolute Gasteiger partial charge is 0.304 e. The number of halogens is 3. The number of carbonyl (C=O) groups is 2. The quantitative estimate of drug-likeness (QED) is 0.233. The van der Waals surface area contributed by atoms with E-state index in [0.717, 1.165) is 24.0 Å². The van der Waals surface area contributed by atoms with Crippen molar-refractivity contribution in [2.75, 3.05) is 16.6 Å². The molecule has 1 aliphatic carbocycles. The van der Waals surface area contributed by atoms with Gasteiger partial charge in [0.2, 0.25) is 15.9 Å². The molecule has 0 bridgehead atoms. The van der Waals surface area contributed by atoms with Crippen LogP contribution < -0.4 is 4.31 Å². The first kappa shape index (κ1) is 32.3. The molecule has 1 amide bonds. The lowest BCUT2D eigenvalue weighted by Gasteiger charge is -2.52. The van der Waals surface area contributed by atoms with Gasteiger partial charge >= 0.3 is 5.97 Å². The number of hydrogen-bond donors (Lipinski definition) is 1. The molecule has 234 valence electrons. The second-order valence-electron chi connectivity index (χ2n) is 12.0. The number of carboxylic acid groups (broad SMARTS) is 1. The third-order valence-electron chi connectivity index (χ3n) is 8.80. The molecule has 1 saturated heterocycles. The Hall–Kier alpha value is -3.14. The summed E-state index contributed by atoms with van der Waals surface area (Å²) < 4.78 is 42.7. The minimum Gasteiger partial charge on any atom is -0.481 e. The summed E-state index contributed by atoms with van der Waals surface area (Å²) in [7, 11) is -3.89. The highest BCUT2D eigenvalue weighted by Gasteiger charge is 2.55. The lowest BCUT2D eigenvalue weighted by atomic mass is 9.67. The molecule has 44 heavy (non-hydrogen) atoms. The normalized spacial score (nSPS) is 22.9. The van der Waals surface area contributed by atoms with Crippen molar-refractivity contribution in [3.63, 3.8) is 0 Å². The molecular weight excluding hydrogens is 626 g/mol. The van der Waals surface area contributed by atoms with E-state index in [-0.39, 0.29) is 42.1 Å². The van der Waals surface area contributed by atoms with Gasteiger partial charge in [-0.15, -0.1) is 0 Å². The number of piperidine rings is 1. The van der Waals surface area contributed by atoms with E-state index < -0.39 is 45.7 Å². The summed E-state index contributed by atoms with van der Waals surface area (Å²) in [5.74, 6) is -2.67. The van der Waals surface area contributed by atoms with Gasteiger partial charge in [0.05, 0.1) is 41.9 Å². The number of sulfonamides is 1. The second-order valence-corrected chi connectivity index (χ2v) is 15.1. The fourth-order valence-corrected chi connectivity index (χ4v) is 7.98. The van der Waals surface area contributed by atoms with E-state index in [2.05, 4.69) is 0 Å². The fraction of sp³-hybridized carbons (Fsp3) is 0.394. The Bertz CT molecular complexity index is 1650. The van der Waals surface area contributed by atoms with Gasteiger partial charge in [0.25, 0.3) is 0 Å². The summed E-state index contributed by atoms with van der Waals surface area (Å²) in [6.45, 7) is 3.09. The van der Waals surface area contributed by atoms with Crippen molar-refractivity contribution >= 4 is 50.8 Å². The minimum atomic E-state index is -3.89. The van der Waals surface area contributed by atoms with Gasteiger partial charge in [-0.2, -0.15) is 0 Å². The molecule has 1 heterocycles. The van der Waals surface area contributed by atoms with E-state index in [4.69, 9.17) is 23.2 Å². The zero-order valence-corrected chi connectivity index (χ0v) is 26.8. The summed E-state index contributed by atoms with van der Waals surface area (Å²) in [6.07, 6.45) is 1.37. The maximum absolute atomic E-state index is 14.7. The van der Waals surface area contributed by atoms with Crippen LogP contribution in [-0.4, -0.2) is 48.6 Å². The van der Waals surface area contributed by atoms with Gasteiger partial charge in [-0.1, -0.05) is 60.5 Å². The number of carboxylic acids is 1. The third-order valence-corrected chi connectivity index (χ3v) is 11.1. The summed E-state index contributed by atoms with van der Waals surface area (Å²) in [5.41, 5.74) is 0.503. The molecule has 2 aliphatic rings. The van der Waals surface area contributed by atoms with Crippen molar-refractivity contribution in [1.29, 1.82) is 0 Å². The number of rotatable bonds is 11. The molecule has 7 nitrogen and oxygen atoms in total. The molecule has 11 heteroatoms. The molecule has 3 aromatic rings. The summed E-state index contributed by atoms with van der Waals surface area (Å²) >= 11 is 12.7. The molecule has 1 N–H and O–H groups in total. The Balaban J connectivity index is 1.71. The topological polar surface area (TPSA) is 95.0 Å². The molecule has 0 spiro atoms. The van der Waals surface area contributed by atoms with Gasteiger partial charge in [-0.3, -0.25) is 13.9 Å². The monoisotopic (exact) mass is 660 g/mol. The van der Waals surface area contributed by atoms with Gasteiger partial charge in [0, 0.05) is 16.0 Å². The number of likely N-dealkylation sites (tertiary alicyclic amines) is 1. The summed E-state index contributed by atoms with van der Waals surface area (Å²) in [6, 6.07) is 18.7. The molecule has 2 fully saturated rings. The van der Waals surface area contributed by atoms with Crippen molar-refractivity contribution in [1.82, 2.24) is 4.90 Å². The van der Waals surface area contributed by atoms with Gasteiger partial charge in [-0.05, 0) is 85.7 Å². The summed E-state index contributed by atoms with van der Waals surface area (Å²) in [5, 5.41) is 11.0. The summed E-state index contributed by atoms with van der Waals surface area (Å²) in [4.78, 5) is 28.6. The van der Waals surface area contributed by atoms with Crippen LogP contribution in [0, 0.1) is 17.2 Å². The Morgan fingerprint density at radius 2 is 1.73 bits per heavy atom. The Labute approximate surface area is 267 Å². The first-order chi connectivity index (χ1) is 20.8. The molecule has 5 rings (SSSR count). The third kappa shape index (κ3) is 6.75. The molecule has 1 saturated carbocycles. The number of benzene rings is 3. The zero-order chi connectivity index (χ0) is 31.8. The van der Waals surface area contributed by atoms with Crippen LogP contribution in [0.1, 0.15) is 62.6 Å². The number of carbonyl (C=O) groups excluding carboxylic acids is 1. The standard InChI is InChI=1S/C33H35Cl2FN2O5S/c1-3-44(42,43)37(27-9-5-8-26(36)17-27)20-29(21-10-11-21)38-31(22-12-14-24(34)15-13-22)28(23-6-4-7-25(35)16-23)18-33(2,32(38)41)19-30(39)40/h4-9,12-17,21,28-29,31H,3,10-11,18-20H2,1-2H3,(H,39,40). The van der Waals surface area contributed by atoms with Crippen LogP contribution in [-0.2, 0) is 19.6 Å². The largest absolute Gasteiger partial charge is 0.481 e. The first-order valence-electron chi connectivity index (χ1n) is 14.6. The molecule has 0 radical (unpaired) electrons. The molecular formula is C33H35Cl2FN2O5S. The fourth-order valence-electron chi connectivity index (χ4n) is 6.53. The Morgan fingerprint density at radius 3 is 2.32 bits per heavy atom. The minimum absolute atomic E-state index is 0.0379. The van der Waals surface area contributed by atoms with Crippen LogP contribution in [0.15, 0.2) is 72.8 Å². The highest BCUT2D eigenvalue weighted by atomic mass is 35.5. The molecule has 4 atom stereocenters. The van der Waals surface area contributed by atoms with Crippen LogP contribution in [0.3, 0.4) is 0 Å². The number of amides is 1. The van der Waals surface area contributed by atoms with Gasteiger partial charge in [0.1, 0.15) is 5.82 Å². The first-order valence-corrected chi connectivity index (χ1v) is 17.0. The average molecular weight is 662 g/mol. The highest BCUT2D eigenvalue weighted by Crippen LogP contribution is 2.54. The van der Waals surface area contributed by atoms with E-state index in [1.165, 1.54) is 35.5 Å². The van der Waals surface area contributed by atoms with E-state index >= 15 is 0 Å². The predicted octanol–water partition coefficient (Wildman–Crippen LogP) is 7.31. The molecule has 1 aliphatic heterocycles. The maximum Gasteiger partial charge on any atom is 0.304 e. The second kappa shape index (κ2) is 12.7. The maximum atomic E-state index is 14.7. The van der Waals surface area contributed by atoms with Crippen LogP contribution in [0.25, 0.3) is 0 Å². The average Bonchev–Trinajstić information content (AvgIpc) is 3.81. The zero-order valence-electron chi connectivity index (χ0n) is 24.5. The van der Waals surface area contributed by atoms with Crippen molar-refractivity contribution in [3.05, 3.63) is 99.8 Å². The SMILES string of the molecule is CCS(=O)(=O)N(CC(C1CC1)N1C(=O)C(C)(CC(=O)O)CC(c2cccc(Cl)c2)C1c1ccc(Cl)cc1)c1cccc(F)c1. The van der Waals surface area contributed by atoms with Gasteiger partial charge < -0.3 is 10.0 Å². The molecule has 0 aromatic heterocycles. The van der Waals surface area contributed by atoms with E-state index in [9.17, 15) is 27.5 Å². The highest BCUT2D eigenvalue weighted by molar-refractivity contribution is 7.92. The van der Waals surface area contributed by atoms with E-state index in [1.807, 2.05) is 30.3 Å². The molecule has 3 aromatic carbocycles. The number of hydrogen-bond acceptors (Lipinski definition) is 4. The van der Waals surface area contributed by atoms with Crippen molar-refractivity contribution in [2.45, 2.75) is 57.5 Å². The predicted molar refractivity (Wildman–Crippen MR) is 170 cm³/mol. The van der Waals surface area contributed by atoms with Crippen LogP contribution >= 0.6 is 23.2 Å². The van der Waals surface area contributed by atoms with Gasteiger partial charge in [0.15, 0.2) is 0 Å². The van der Waals surface area contributed by atoms with Crippen molar-refractivity contribution in [3.8, 4) is 0 Å². The Kier molecular flexibility index (Phi) is 9.31. The Morgan fingerprint density at radius 1 is 1.05 bits per heavy atom. The van der Waals surface area contributed by atoms with Crippen LogP contribution in [0.5, 0.6) is 0 Å². The van der Waals surface area contributed by atoms with E-state index in [1.54, 1.807) is 30.0 Å². The van der Waals surface area contributed by atoms with Gasteiger partial charge in [-0.25, -0.2) is 12.8 Å². The number of aliphatic carboxylic acids is 1. The van der Waals surface area contributed by atoms with E-state index in [0.29, 0.717) is 10.0 Å².